The Bertz CT molecular complexity index is 2150. The lowest BCUT2D eigenvalue weighted by Crippen LogP contribution is -2.39. The van der Waals surface area contributed by atoms with Crippen LogP contribution in [0.4, 0.5) is 0 Å². The first-order valence-electron chi connectivity index (χ1n) is 14.2. The Labute approximate surface area is 282 Å². The fourth-order valence-electron chi connectivity index (χ4n) is 5.43. The number of esters is 1. The lowest BCUT2D eigenvalue weighted by molar-refractivity contribution is -0.139. The summed E-state index contributed by atoms with van der Waals surface area (Å²) in [5, 5.41) is 2.84. The minimum Gasteiger partial charge on any atom is -0.493 e. The van der Waals surface area contributed by atoms with Crippen LogP contribution in [0, 0.1) is 3.57 Å². The highest BCUT2D eigenvalue weighted by atomic mass is 127. The van der Waals surface area contributed by atoms with Gasteiger partial charge in [0.05, 0.1) is 39.1 Å². The summed E-state index contributed by atoms with van der Waals surface area (Å²) in [7, 11) is 1.60. The van der Waals surface area contributed by atoms with Gasteiger partial charge in [0.2, 0.25) is 0 Å². The van der Waals surface area contributed by atoms with E-state index in [4.69, 9.17) is 25.8 Å². The number of carbonyl (C=O) groups excluding carboxylic acids is 1. The lowest BCUT2D eigenvalue weighted by Gasteiger charge is -2.24. The van der Waals surface area contributed by atoms with Gasteiger partial charge in [-0.15, -0.1) is 0 Å². The van der Waals surface area contributed by atoms with Gasteiger partial charge in [-0.3, -0.25) is 9.36 Å². The summed E-state index contributed by atoms with van der Waals surface area (Å²) in [6.45, 7) is 4.08. The number of thiazole rings is 1. The van der Waals surface area contributed by atoms with Crippen molar-refractivity contribution in [1.29, 1.82) is 0 Å². The number of halogens is 2. The third kappa shape index (κ3) is 6.16. The molecule has 1 aliphatic heterocycles. The van der Waals surface area contributed by atoms with E-state index in [9.17, 15) is 9.59 Å². The Morgan fingerprint density at radius 3 is 2.60 bits per heavy atom. The topological polar surface area (TPSA) is 79.1 Å². The molecule has 45 heavy (non-hydrogen) atoms. The van der Waals surface area contributed by atoms with Gasteiger partial charge in [-0.1, -0.05) is 77.5 Å². The molecule has 1 atom stereocenters. The Hall–Kier alpha value is -3.93. The Morgan fingerprint density at radius 1 is 1.09 bits per heavy atom. The number of rotatable bonds is 8. The molecular weight excluding hydrogens is 723 g/mol. The van der Waals surface area contributed by atoms with Crippen LogP contribution in [0.5, 0.6) is 11.5 Å². The van der Waals surface area contributed by atoms with E-state index >= 15 is 0 Å². The second-order valence-corrected chi connectivity index (χ2v) is 12.9. The van der Waals surface area contributed by atoms with E-state index in [-0.39, 0.29) is 12.2 Å². The van der Waals surface area contributed by atoms with Crippen molar-refractivity contribution in [1.82, 2.24) is 4.57 Å². The molecule has 0 N–H and O–H groups in total. The van der Waals surface area contributed by atoms with Crippen molar-refractivity contribution in [3.63, 3.8) is 0 Å². The minimum absolute atomic E-state index is 0.204. The molecule has 0 amide bonds. The van der Waals surface area contributed by atoms with Gasteiger partial charge in [-0.2, -0.15) is 0 Å². The number of carbonyl (C=O) groups is 1. The number of allylic oxidation sites excluding steroid dienone is 1. The highest BCUT2D eigenvalue weighted by Gasteiger charge is 2.33. The molecule has 0 bridgehead atoms. The quantitative estimate of drug-likeness (QED) is 0.129. The molecule has 1 aromatic heterocycles. The van der Waals surface area contributed by atoms with Crippen LogP contribution in [-0.4, -0.2) is 24.3 Å². The maximum absolute atomic E-state index is 14.0. The van der Waals surface area contributed by atoms with Gasteiger partial charge in [-0.25, -0.2) is 9.79 Å². The summed E-state index contributed by atoms with van der Waals surface area (Å²) in [6.07, 6.45) is 1.81. The molecule has 5 aromatic rings. The number of methoxy groups -OCH3 is 1. The number of nitrogens with zero attached hydrogens (tertiary/aromatic N) is 2. The SMILES string of the molecule is CCOC(=O)C1=C(C)N=c2s/c(=C/c3cc(I)c(OCc4cccc5ccccc45)c(OC)c3)c(=O)n2[C@@H]1c1ccc(Cl)cc1. The van der Waals surface area contributed by atoms with Gasteiger partial charge in [0.25, 0.3) is 5.56 Å². The molecule has 1 aliphatic rings. The first-order chi connectivity index (χ1) is 21.8. The summed E-state index contributed by atoms with van der Waals surface area (Å²) in [5.74, 6) is 0.675. The molecule has 0 aliphatic carbocycles. The minimum atomic E-state index is -0.709. The fourth-order valence-corrected chi connectivity index (χ4v) is 7.39. The Kier molecular flexibility index (Phi) is 9.11. The molecule has 0 spiro atoms. The van der Waals surface area contributed by atoms with E-state index in [0.717, 1.165) is 31.0 Å². The third-order valence-corrected chi connectivity index (χ3v) is 9.54. The van der Waals surface area contributed by atoms with Crippen LogP contribution < -0.4 is 24.4 Å². The van der Waals surface area contributed by atoms with Crippen LogP contribution >= 0.6 is 45.5 Å². The number of hydrogen-bond acceptors (Lipinski definition) is 7. The molecular formula is C35H28ClIN2O5S. The van der Waals surface area contributed by atoms with Crippen molar-refractivity contribution in [3.05, 3.63) is 135 Å². The van der Waals surface area contributed by atoms with Crippen LogP contribution in [0.3, 0.4) is 0 Å². The average Bonchev–Trinajstić information content (AvgIpc) is 3.33. The van der Waals surface area contributed by atoms with E-state index < -0.39 is 12.0 Å². The van der Waals surface area contributed by atoms with Gasteiger partial charge < -0.3 is 14.2 Å². The molecule has 0 unspecified atom stereocenters. The number of hydrogen-bond donors (Lipinski definition) is 0. The zero-order valence-electron chi connectivity index (χ0n) is 24.7. The maximum atomic E-state index is 14.0. The van der Waals surface area contributed by atoms with Crippen LogP contribution in [0.1, 0.15) is 36.6 Å². The molecule has 2 heterocycles. The first kappa shape index (κ1) is 31.1. The monoisotopic (exact) mass is 750 g/mol. The second-order valence-electron chi connectivity index (χ2n) is 10.3. The molecule has 0 fully saturated rings. The normalized spacial score (nSPS) is 14.7. The predicted octanol–water partition coefficient (Wildman–Crippen LogP) is 6.80. The zero-order valence-corrected chi connectivity index (χ0v) is 28.4. The summed E-state index contributed by atoms with van der Waals surface area (Å²) < 4.78 is 20.3. The summed E-state index contributed by atoms with van der Waals surface area (Å²) >= 11 is 9.65. The maximum Gasteiger partial charge on any atom is 0.338 e. The molecule has 7 nitrogen and oxygen atoms in total. The largest absolute Gasteiger partial charge is 0.493 e. The molecule has 10 heteroatoms. The van der Waals surface area contributed by atoms with Gasteiger partial charge in [0, 0.05) is 5.02 Å². The number of ether oxygens (including phenoxy) is 3. The number of benzene rings is 4. The predicted molar refractivity (Wildman–Crippen MR) is 186 cm³/mol. The molecule has 0 radical (unpaired) electrons. The summed E-state index contributed by atoms with van der Waals surface area (Å²) in [6, 6.07) is 24.6. The van der Waals surface area contributed by atoms with Crippen molar-refractivity contribution in [2.24, 2.45) is 4.99 Å². The lowest BCUT2D eigenvalue weighted by atomic mass is 9.96. The Balaban J connectivity index is 1.39. The summed E-state index contributed by atoms with van der Waals surface area (Å²) in [5.41, 5.74) is 3.13. The third-order valence-electron chi connectivity index (χ3n) is 7.50. The zero-order chi connectivity index (χ0) is 31.7. The van der Waals surface area contributed by atoms with Crippen molar-refractivity contribution >= 4 is 68.3 Å². The standard InChI is InChI=1S/C35H28ClIN2O5S/c1-4-43-34(41)30-20(2)38-35-39(31(30)23-12-14-25(36)15-13-23)33(40)29(45-35)18-21-16-27(37)32(28(17-21)42-3)44-19-24-10-7-9-22-8-5-6-11-26(22)24/h5-18,31H,4,19H2,1-3H3/b29-18+/t31-/m1/s1. The van der Waals surface area contributed by atoms with Gasteiger partial charge in [0.15, 0.2) is 16.3 Å². The van der Waals surface area contributed by atoms with Crippen LogP contribution in [0.2, 0.25) is 5.02 Å². The Morgan fingerprint density at radius 2 is 1.84 bits per heavy atom. The second kappa shape index (κ2) is 13.2. The van der Waals surface area contributed by atoms with Gasteiger partial charge >= 0.3 is 5.97 Å². The van der Waals surface area contributed by atoms with Gasteiger partial charge in [-0.05, 0) is 94.2 Å². The van der Waals surface area contributed by atoms with E-state index in [0.29, 0.717) is 43.7 Å². The highest BCUT2D eigenvalue weighted by Crippen LogP contribution is 2.36. The fraction of sp³-hybridized carbons (Fsp3) is 0.171. The number of fused-ring (bicyclic) bond motifs is 2. The van der Waals surface area contributed by atoms with E-state index in [2.05, 4.69) is 51.8 Å². The van der Waals surface area contributed by atoms with Crippen LogP contribution in [0.25, 0.3) is 16.8 Å². The van der Waals surface area contributed by atoms with Crippen molar-refractivity contribution in [2.75, 3.05) is 13.7 Å². The van der Waals surface area contributed by atoms with Crippen LogP contribution in [-0.2, 0) is 16.1 Å². The average molecular weight is 751 g/mol. The van der Waals surface area contributed by atoms with Crippen LogP contribution in [0.15, 0.2) is 99.9 Å². The smallest absolute Gasteiger partial charge is 0.338 e. The number of aromatic nitrogens is 1. The van der Waals surface area contributed by atoms with E-state index in [1.165, 1.54) is 11.3 Å². The van der Waals surface area contributed by atoms with Gasteiger partial charge in [0.1, 0.15) is 6.61 Å². The summed E-state index contributed by atoms with van der Waals surface area (Å²) in [4.78, 5) is 32.3. The molecule has 0 saturated carbocycles. The molecule has 228 valence electrons. The highest BCUT2D eigenvalue weighted by molar-refractivity contribution is 14.1. The van der Waals surface area contributed by atoms with Crippen molar-refractivity contribution in [2.45, 2.75) is 26.5 Å². The van der Waals surface area contributed by atoms with Crippen molar-refractivity contribution < 1.29 is 19.0 Å². The van der Waals surface area contributed by atoms with E-state index in [1.54, 1.807) is 37.7 Å². The van der Waals surface area contributed by atoms with Crippen molar-refractivity contribution in [3.8, 4) is 11.5 Å². The molecule has 6 rings (SSSR count). The first-order valence-corrected chi connectivity index (χ1v) is 16.5. The molecule has 4 aromatic carbocycles. The van der Waals surface area contributed by atoms with E-state index in [1.807, 2.05) is 48.5 Å². The molecule has 0 saturated heterocycles.